The van der Waals surface area contributed by atoms with Crippen LogP contribution in [0.5, 0.6) is 0 Å². The fourth-order valence-electron chi connectivity index (χ4n) is 2.38. The van der Waals surface area contributed by atoms with E-state index >= 15 is 0 Å². The summed E-state index contributed by atoms with van der Waals surface area (Å²) in [5.41, 5.74) is 0.951. The molecule has 0 saturated carbocycles. The van der Waals surface area contributed by atoms with Crippen LogP contribution in [-0.2, 0) is 21.3 Å². The van der Waals surface area contributed by atoms with Gasteiger partial charge in [0.1, 0.15) is 0 Å². The Balaban J connectivity index is 2.10. The second-order valence-electron chi connectivity index (χ2n) is 5.21. The molecule has 6 heteroatoms. The number of hydrogen-bond donors (Lipinski definition) is 2. The van der Waals surface area contributed by atoms with Gasteiger partial charge < -0.3 is 10.1 Å². The van der Waals surface area contributed by atoms with Gasteiger partial charge in [0.15, 0.2) is 0 Å². The van der Waals surface area contributed by atoms with Crippen LogP contribution in [0.1, 0.15) is 18.9 Å². The summed E-state index contributed by atoms with van der Waals surface area (Å²) in [6, 6.07) is 6.89. The largest absolute Gasteiger partial charge is 0.381 e. The number of nitrogens with one attached hydrogen (secondary N) is 2. The molecule has 20 heavy (non-hydrogen) atoms. The zero-order valence-corrected chi connectivity index (χ0v) is 12.7. The third-order valence-electron chi connectivity index (χ3n) is 3.60. The van der Waals surface area contributed by atoms with E-state index in [0.29, 0.717) is 24.7 Å². The third kappa shape index (κ3) is 3.79. The van der Waals surface area contributed by atoms with Crippen molar-refractivity contribution in [1.29, 1.82) is 0 Å². The molecule has 1 saturated heterocycles. The molecule has 0 radical (unpaired) electrons. The first-order chi connectivity index (χ1) is 9.53. The monoisotopic (exact) mass is 298 g/mol. The molecular formula is C14H22N2O3S. The minimum absolute atomic E-state index is 0.115. The minimum Gasteiger partial charge on any atom is -0.381 e. The maximum Gasteiger partial charge on any atom is 0.240 e. The molecule has 1 heterocycles. The summed E-state index contributed by atoms with van der Waals surface area (Å²) in [5, 5.41) is 3.02. The van der Waals surface area contributed by atoms with Crippen molar-refractivity contribution in [1.82, 2.24) is 10.0 Å². The molecule has 1 aliphatic heterocycles. The Morgan fingerprint density at radius 1 is 1.45 bits per heavy atom. The standard InChI is InChI=1S/C14H22N2O3S/c1-11(13-6-7-19-10-13)16-20(17,18)14-5-3-4-12(8-14)9-15-2/h3-5,8,11,13,15-16H,6-7,9-10H2,1-2H3. The Kier molecular flexibility index (Phi) is 5.15. The molecule has 0 aliphatic carbocycles. The highest BCUT2D eigenvalue weighted by atomic mass is 32.2. The molecule has 0 bridgehead atoms. The van der Waals surface area contributed by atoms with E-state index in [1.807, 2.05) is 20.0 Å². The van der Waals surface area contributed by atoms with E-state index in [0.717, 1.165) is 12.0 Å². The smallest absolute Gasteiger partial charge is 0.240 e. The summed E-state index contributed by atoms with van der Waals surface area (Å²) in [5.74, 6) is 0.255. The van der Waals surface area contributed by atoms with Gasteiger partial charge in [-0.1, -0.05) is 12.1 Å². The normalized spacial score (nSPS) is 21.0. The van der Waals surface area contributed by atoms with E-state index in [2.05, 4.69) is 10.0 Å². The van der Waals surface area contributed by atoms with Crippen molar-refractivity contribution in [3.05, 3.63) is 29.8 Å². The van der Waals surface area contributed by atoms with Crippen LogP contribution < -0.4 is 10.0 Å². The second kappa shape index (κ2) is 6.67. The van der Waals surface area contributed by atoms with Crippen molar-refractivity contribution < 1.29 is 13.2 Å². The summed E-state index contributed by atoms with van der Waals surface area (Å²) < 4.78 is 32.8. The lowest BCUT2D eigenvalue weighted by molar-refractivity contribution is 0.180. The highest BCUT2D eigenvalue weighted by Crippen LogP contribution is 2.19. The van der Waals surface area contributed by atoms with Gasteiger partial charge in [-0.2, -0.15) is 0 Å². The zero-order valence-electron chi connectivity index (χ0n) is 11.9. The first-order valence-corrected chi connectivity index (χ1v) is 8.35. The first-order valence-electron chi connectivity index (χ1n) is 6.86. The van der Waals surface area contributed by atoms with Crippen molar-refractivity contribution in [2.45, 2.75) is 30.8 Å². The Labute approximate surface area is 120 Å². The van der Waals surface area contributed by atoms with Gasteiger partial charge in [0.25, 0.3) is 0 Å². The Morgan fingerprint density at radius 3 is 2.90 bits per heavy atom. The molecule has 1 aromatic carbocycles. The third-order valence-corrected chi connectivity index (χ3v) is 5.16. The molecule has 2 atom stereocenters. The van der Waals surface area contributed by atoms with Crippen molar-refractivity contribution in [2.24, 2.45) is 5.92 Å². The van der Waals surface area contributed by atoms with Gasteiger partial charge in [0.05, 0.1) is 11.5 Å². The average molecular weight is 298 g/mol. The molecular weight excluding hydrogens is 276 g/mol. The fraction of sp³-hybridized carbons (Fsp3) is 0.571. The number of sulfonamides is 1. The van der Waals surface area contributed by atoms with Crippen molar-refractivity contribution in [3.8, 4) is 0 Å². The summed E-state index contributed by atoms with van der Waals surface area (Å²) >= 11 is 0. The zero-order chi connectivity index (χ0) is 14.6. The van der Waals surface area contributed by atoms with Crippen LogP contribution in [0.25, 0.3) is 0 Å². The van der Waals surface area contributed by atoms with Crippen LogP contribution in [0.15, 0.2) is 29.2 Å². The quantitative estimate of drug-likeness (QED) is 0.825. The first kappa shape index (κ1) is 15.4. The lowest BCUT2D eigenvalue weighted by Gasteiger charge is -2.19. The summed E-state index contributed by atoms with van der Waals surface area (Å²) in [6.07, 6.45) is 0.906. The van der Waals surface area contributed by atoms with Gasteiger partial charge in [-0.15, -0.1) is 0 Å². The fourth-order valence-corrected chi connectivity index (χ4v) is 3.77. The highest BCUT2D eigenvalue weighted by molar-refractivity contribution is 7.89. The molecule has 2 N–H and O–H groups in total. The van der Waals surface area contributed by atoms with E-state index in [4.69, 9.17) is 4.74 Å². The lowest BCUT2D eigenvalue weighted by atomic mass is 10.0. The molecule has 2 unspecified atom stereocenters. The second-order valence-corrected chi connectivity index (χ2v) is 6.93. The molecule has 1 aromatic rings. The van der Waals surface area contributed by atoms with Gasteiger partial charge >= 0.3 is 0 Å². The highest BCUT2D eigenvalue weighted by Gasteiger charge is 2.26. The van der Waals surface area contributed by atoms with E-state index < -0.39 is 10.0 Å². The number of ether oxygens (including phenoxy) is 1. The maximum absolute atomic E-state index is 12.4. The van der Waals surface area contributed by atoms with Crippen LogP contribution in [0.4, 0.5) is 0 Å². The minimum atomic E-state index is -3.47. The van der Waals surface area contributed by atoms with Crippen LogP contribution in [0.3, 0.4) is 0 Å². The summed E-state index contributed by atoms with van der Waals surface area (Å²) in [4.78, 5) is 0.316. The molecule has 1 aliphatic rings. The average Bonchev–Trinajstić information content (AvgIpc) is 2.93. The van der Waals surface area contributed by atoms with E-state index in [1.165, 1.54) is 0 Å². The van der Waals surface area contributed by atoms with Gasteiger partial charge in [0.2, 0.25) is 10.0 Å². The van der Waals surface area contributed by atoms with Crippen LogP contribution >= 0.6 is 0 Å². The summed E-state index contributed by atoms with van der Waals surface area (Å²) in [6.45, 7) is 3.89. The van der Waals surface area contributed by atoms with Crippen LogP contribution in [-0.4, -0.2) is 34.7 Å². The van der Waals surface area contributed by atoms with Gasteiger partial charge in [0, 0.05) is 25.1 Å². The van der Waals surface area contributed by atoms with E-state index in [9.17, 15) is 8.42 Å². The van der Waals surface area contributed by atoms with Crippen molar-refractivity contribution in [2.75, 3.05) is 20.3 Å². The molecule has 0 amide bonds. The van der Waals surface area contributed by atoms with Crippen LogP contribution in [0.2, 0.25) is 0 Å². The van der Waals surface area contributed by atoms with Crippen LogP contribution in [0, 0.1) is 5.92 Å². The molecule has 112 valence electrons. The molecule has 2 rings (SSSR count). The maximum atomic E-state index is 12.4. The predicted molar refractivity (Wildman–Crippen MR) is 77.9 cm³/mol. The van der Waals surface area contributed by atoms with Gasteiger partial charge in [-0.3, -0.25) is 0 Å². The lowest BCUT2D eigenvalue weighted by Crippen LogP contribution is -2.38. The van der Waals surface area contributed by atoms with Gasteiger partial charge in [-0.25, -0.2) is 13.1 Å². The van der Waals surface area contributed by atoms with E-state index in [-0.39, 0.29) is 12.0 Å². The number of rotatable bonds is 6. The SMILES string of the molecule is CNCc1cccc(S(=O)(=O)NC(C)C2CCOC2)c1. The van der Waals surface area contributed by atoms with E-state index in [1.54, 1.807) is 18.2 Å². The molecule has 0 spiro atoms. The van der Waals surface area contributed by atoms with Gasteiger partial charge in [-0.05, 0) is 38.1 Å². The number of benzene rings is 1. The van der Waals surface area contributed by atoms with Crippen molar-refractivity contribution in [3.63, 3.8) is 0 Å². The number of hydrogen-bond acceptors (Lipinski definition) is 4. The molecule has 5 nitrogen and oxygen atoms in total. The predicted octanol–water partition coefficient (Wildman–Crippen LogP) is 1.11. The van der Waals surface area contributed by atoms with Crippen molar-refractivity contribution >= 4 is 10.0 Å². The topological polar surface area (TPSA) is 67.4 Å². The summed E-state index contributed by atoms with van der Waals surface area (Å²) in [7, 11) is -1.64. The Hall–Kier alpha value is -0.950. The molecule has 1 fully saturated rings. The molecule has 0 aromatic heterocycles. The Morgan fingerprint density at radius 2 is 2.25 bits per heavy atom. The Bertz CT molecular complexity index is 539.